The molecular formula is C20H29BrO6. The first kappa shape index (κ1) is 21.2. The molecule has 0 aromatic heterocycles. The first-order valence-electron chi connectivity index (χ1n) is 9.23. The van der Waals surface area contributed by atoms with Gasteiger partial charge in [0.15, 0.2) is 12.1 Å². The Labute approximate surface area is 169 Å². The zero-order chi connectivity index (χ0) is 19.8. The van der Waals surface area contributed by atoms with E-state index >= 15 is 0 Å². The van der Waals surface area contributed by atoms with Crippen molar-refractivity contribution in [3.63, 3.8) is 0 Å². The van der Waals surface area contributed by atoms with Gasteiger partial charge in [-0.1, -0.05) is 28.1 Å². The van der Waals surface area contributed by atoms with E-state index in [0.717, 1.165) is 10.0 Å². The highest BCUT2D eigenvalue weighted by molar-refractivity contribution is 9.10. The van der Waals surface area contributed by atoms with Crippen LogP contribution in [0.4, 0.5) is 0 Å². The van der Waals surface area contributed by atoms with E-state index in [4.69, 9.17) is 23.7 Å². The number of fused-ring (bicyclic) bond motifs is 1. The zero-order valence-corrected chi connectivity index (χ0v) is 18.1. The second kappa shape index (κ2) is 8.06. The molecule has 1 N–H and O–H groups in total. The van der Waals surface area contributed by atoms with Crippen LogP contribution in [-0.2, 0) is 30.3 Å². The van der Waals surface area contributed by atoms with E-state index in [9.17, 15) is 5.11 Å². The minimum atomic E-state index is -0.882. The van der Waals surface area contributed by atoms with Crippen LogP contribution in [0.3, 0.4) is 0 Å². The van der Waals surface area contributed by atoms with E-state index in [1.165, 1.54) is 0 Å². The number of hydrogen-bond donors (Lipinski definition) is 1. The van der Waals surface area contributed by atoms with Crippen molar-refractivity contribution in [1.29, 1.82) is 0 Å². The molecule has 2 aliphatic rings. The Morgan fingerprint density at radius 2 is 1.81 bits per heavy atom. The van der Waals surface area contributed by atoms with Crippen molar-refractivity contribution in [3.05, 3.63) is 34.3 Å². The average Bonchev–Trinajstić information content (AvgIpc) is 2.86. The second-order valence-electron chi connectivity index (χ2n) is 8.47. The van der Waals surface area contributed by atoms with E-state index in [1.54, 1.807) is 0 Å². The predicted octanol–water partition coefficient (Wildman–Crippen LogP) is 3.39. The fraction of sp³-hybridized carbons (Fsp3) is 0.700. The maximum absolute atomic E-state index is 10.9. The Kier molecular flexibility index (Phi) is 6.33. The molecule has 1 aromatic carbocycles. The second-order valence-corrected chi connectivity index (χ2v) is 9.39. The predicted molar refractivity (Wildman–Crippen MR) is 103 cm³/mol. The van der Waals surface area contributed by atoms with Crippen molar-refractivity contribution in [2.24, 2.45) is 0 Å². The molecule has 0 radical (unpaired) electrons. The lowest BCUT2D eigenvalue weighted by atomic mass is 9.98. The van der Waals surface area contributed by atoms with E-state index in [0.29, 0.717) is 6.61 Å². The first-order valence-corrected chi connectivity index (χ1v) is 10.0. The van der Waals surface area contributed by atoms with Gasteiger partial charge in [-0.05, 0) is 52.3 Å². The zero-order valence-electron chi connectivity index (χ0n) is 16.5. The molecule has 0 aliphatic carbocycles. The first-order chi connectivity index (χ1) is 12.5. The lowest BCUT2D eigenvalue weighted by molar-refractivity contribution is -0.279. The summed E-state index contributed by atoms with van der Waals surface area (Å²) < 4.78 is 30.7. The van der Waals surface area contributed by atoms with Crippen molar-refractivity contribution >= 4 is 15.9 Å². The number of hydrogen-bond acceptors (Lipinski definition) is 6. The normalized spacial score (nSPS) is 33.1. The summed E-state index contributed by atoms with van der Waals surface area (Å²) in [4.78, 5) is 0. The van der Waals surface area contributed by atoms with Crippen molar-refractivity contribution in [3.8, 4) is 0 Å². The number of benzene rings is 1. The lowest BCUT2D eigenvalue weighted by Crippen LogP contribution is -2.60. The van der Waals surface area contributed by atoms with Gasteiger partial charge in [-0.15, -0.1) is 0 Å². The van der Waals surface area contributed by atoms with Gasteiger partial charge in [-0.25, -0.2) is 0 Å². The van der Waals surface area contributed by atoms with Gasteiger partial charge in [0.1, 0.15) is 24.4 Å². The van der Waals surface area contributed by atoms with Crippen LogP contribution in [0.15, 0.2) is 28.7 Å². The van der Waals surface area contributed by atoms with Crippen LogP contribution >= 0.6 is 15.9 Å². The maximum Gasteiger partial charge on any atom is 0.190 e. The quantitative estimate of drug-likeness (QED) is 0.750. The van der Waals surface area contributed by atoms with Gasteiger partial charge in [0.2, 0.25) is 0 Å². The largest absolute Gasteiger partial charge is 0.387 e. The molecule has 3 rings (SSSR count). The number of rotatable bonds is 5. The Morgan fingerprint density at radius 1 is 1.15 bits per heavy atom. The minimum absolute atomic E-state index is 0.230. The average molecular weight is 445 g/mol. The number of halogens is 1. The highest BCUT2D eigenvalue weighted by atomic mass is 79.9. The molecule has 0 spiro atoms. The molecule has 27 heavy (non-hydrogen) atoms. The van der Waals surface area contributed by atoms with Crippen molar-refractivity contribution in [1.82, 2.24) is 0 Å². The Balaban J connectivity index is 1.65. The van der Waals surface area contributed by atoms with Gasteiger partial charge in [0, 0.05) is 4.47 Å². The SMILES string of the molecule is CC(C)(C)O[C@H]1[C@@H](O)[C@@H](COCc2ccc(Br)cc2)O[C@@H]2OC(C)(C)O[C@@H]21. The third-order valence-corrected chi connectivity index (χ3v) is 4.92. The van der Waals surface area contributed by atoms with Gasteiger partial charge in [0.25, 0.3) is 0 Å². The van der Waals surface area contributed by atoms with E-state index in [2.05, 4.69) is 15.9 Å². The summed E-state index contributed by atoms with van der Waals surface area (Å²) >= 11 is 3.42. The number of aliphatic hydroxyl groups is 1. The molecule has 0 bridgehead atoms. The summed E-state index contributed by atoms with van der Waals surface area (Å²) in [5.41, 5.74) is 0.609. The smallest absolute Gasteiger partial charge is 0.190 e. The molecule has 2 aliphatic heterocycles. The summed E-state index contributed by atoms with van der Waals surface area (Å²) in [5.74, 6) is -0.790. The van der Waals surface area contributed by atoms with Crippen LogP contribution < -0.4 is 0 Å². The Bertz CT molecular complexity index is 626. The molecule has 6 nitrogen and oxygen atoms in total. The summed E-state index contributed by atoms with van der Waals surface area (Å²) in [6.45, 7) is 10.2. The third-order valence-electron chi connectivity index (χ3n) is 4.39. The van der Waals surface area contributed by atoms with Crippen LogP contribution in [0, 0.1) is 0 Å². The van der Waals surface area contributed by atoms with Crippen LogP contribution in [0.5, 0.6) is 0 Å². The van der Waals surface area contributed by atoms with E-state index in [1.807, 2.05) is 58.9 Å². The number of aliphatic hydroxyl groups excluding tert-OH is 1. The maximum atomic E-state index is 10.9. The highest BCUT2D eigenvalue weighted by Crippen LogP contribution is 2.38. The molecule has 2 fully saturated rings. The molecule has 2 heterocycles. The van der Waals surface area contributed by atoms with E-state index < -0.39 is 42.1 Å². The summed E-state index contributed by atoms with van der Waals surface area (Å²) in [7, 11) is 0. The molecular weight excluding hydrogens is 416 g/mol. The minimum Gasteiger partial charge on any atom is -0.387 e. The fourth-order valence-corrected chi connectivity index (χ4v) is 3.56. The fourth-order valence-electron chi connectivity index (χ4n) is 3.30. The van der Waals surface area contributed by atoms with Gasteiger partial charge in [-0.2, -0.15) is 0 Å². The molecule has 0 amide bonds. The molecule has 1 aromatic rings. The van der Waals surface area contributed by atoms with Crippen molar-refractivity contribution < 1.29 is 28.8 Å². The van der Waals surface area contributed by atoms with Gasteiger partial charge < -0.3 is 28.8 Å². The molecule has 2 saturated heterocycles. The summed E-state index contributed by atoms with van der Waals surface area (Å²) in [6.07, 6.45) is -3.10. The number of ether oxygens (including phenoxy) is 5. The molecule has 0 unspecified atom stereocenters. The highest BCUT2D eigenvalue weighted by Gasteiger charge is 2.55. The molecule has 0 saturated carbocycles. The van der Waals surface area contributed by atoms with Crippen LogP contribution in [0.25, 0.3) is 0 Å². The van der Waals surface area contributed by atoms with Gasteiger partial charge in [-0.3, -0.25) is 0 Å². The third kappa shape index (κ3) is 5.50. The van der Waals surface area contributed by atoms with Crippen molar-refractivity contribution in [2.45, 2.75) is 83.3 Å². The van der Waals surface area contributed by atoms with Crippen molar-refractivity contribution in [2.75, 3.05) is 6.61 Å². The molecule has 7 heteroatoms. The monoisotopic (exact) mass is 444 g/mol. The van der Waals surface area contributed by atoms with Crippen LogP contribution in [0.1, 0.15) is 40.2 Å². The van der Waals surface area contributed by atoms with Crippen LogP contribution in [0.2, 0.25) is 0 Å². The van der Waals surface area contributed by atoms with Gasteiger partial charge >= 0.3 is 0 Å². The summed E-state index contributed by atoms with van der Waals surface area (Å²) in [6, 6.07) is 7.91. The van der Waals surface area contributed by atoms with Crippen LogP contribution in [-0.4, -0.2) is 53.8 Å². The Hall–Kier alpha value is -0.540. The lowest BCUT2D eigenvalue weighted by Gasteiger charge is -2.42. The van der Waals surface area contributed by atoms with E-state index in [-0.39, 0.29) is 6.61 Å². The van der Waals surface area contributed by atoms with Gasteiger partial charge in [0.05, 0.1) is 18.8 Å². The molecule has 5 atom stereocenters. The topological polar surface area (TPSA) is 66.4 Å². The molecule has 152 valence electrons. The Morgan fingerprint density at radius 3 is 2.44 bits per heavy atom. The summed E-state index contributed by atoms with van der Waals surface area (Å²) in [5, 5.41) is 10.9. The standard InChI is InChI=1S/C20H29BrO6/c1-19(2,3)25-16-15(22)14(24-18-17(16)26-20(4,5)27-18)11-23-10-12-6-8-13(21)9-7-12/h6-9,14-18,22H,10-11H2,1-5H3/t14-,15+,16+,17-,18-/m1/s1.